The van der Waals surface area contributed by atoms with Crippen LogP contribution in [0.25, 0.3) is 11.1 Å². The molecule has 0 amide bonds. The molecule has 2 aromatic carbocycles. The van der Waals surface area contributed by atoms with Crippen molar-refractivity contribution in [2.24, 2.45) is 0 Å². The quantitative estimate of drug-likeness (QED) is 0.471. The van der Waals surface area contributed by atoms with E-state index < -0.39 is 0 Å². The van der Waals surface area contributed by atoms with Gasteiger partial charge in [-0.3, -0.25) is 0 Å². The average Bonchev–Trinajstić information content (AvgIpc) is 2.62. The van der Waals surface area contributed by atoms with Gasteiger partial charge in [-0.2, -0.15) is 11.8 Å². The molecule has 0 aliphatic rings. The Morgan fingerprint density at radius 1 is 0.875 bits per heavy atom. The fraction of sp³-hybridized carbons (Fsp3) is 0.304. The normalized spacial score (nSPS) is 11.4. The topological polar surface area (TPSA) is 0 Å². The molecule has 0 atom stereocenters. The summed E-state index contributed by atoms with van der Waals surface area (Å²) >= 11 is 1.89. The monoisotopic (exact) mass is 336 g/mol. The molecule has 0 radical (unpaired) electrons. The van der Waals surface area contributed by atoms with Crippen molar-refractivity contribution >= 4 is 11.8 Å². The molecule has 24 heavy (non-hydrogen) atoms. The predicted molar refractivity (Wildman–Crippen MR) is 111 cm³/mol. The first-order valence-corrected chi connectivity index (χ1v) is 10.0. The zero-order chi connectivity index (χ0) is 17.2. The molecule has 0 nitrogen and oxygen atoms in total. The first kappa shape index (κ1) is 18.6. The second-order valence-corrected chi connectivity index (χ2v) is 7.28. The molecule has 0 aliphatic heterocycles. The van der Waals surface area contributed by atoms with Crippen LogP contribution in [0.4, 0.5) is 0 Å². The standard InChI is InChI=1S/C23H28S/c1-19(2)9-10-21(17-18-24-3)12-11-20-13-15-23(16-14-20)22-7-5-4-6-8-22/h4-9,13-17H,10-12,18H2,1-3H3/b21-17+. The van der Waals surface area contributed by atoms with Crippen molar-refractivity contribution in [2.75, 3.05) is 12.0 Å². The van der Waals surface area contributed by atoms with Gasteiger partial charge in [-0.05, 0) is 56.1 Å². The van der Waals surface area contributed by atoms with Crippen LogP contribution in [0.15, 0.2) is 77.9 Å². The van der Waals surface area contributed by atoms with Crippen LogP contribution >= 0.6 is 11.8 Å². The lowest BCUT2D eigenvalue weighted by Gasteiger charge is -2.08. The number of thioether (sulfide) groups is 1. The summed E-state index contributed by atoms with van der Waals surface area (Å²) in [5, 5.41) is 0. The summed E-state index contributed by atoms with van der Waals surface area (Å²) in [4.78, 5) is 0. The van der Waals surface area contributed by atoms with Crippen LogP contribution < -0.4 is 0 Å². The van der Waals surface area contributed by atoms with Crippen molar-refractivity contribution in [3.05, 3.63) is 83.5 Å². The Morgan fingerprint density at radius 2 is 1.54 bits per heavy atom. The van der Waals surface area contributed by atoms with Crippen LogP contribution in [0, 0.1) is 0 Å². The van der Waals surface area contributed by atoms with Crippen molar-refractivity contribution in [3.8, 4) is 11.1 Å². The number of hydrogen-bond donors (Lipinski definition) is 0. The van der Waals surface area contributed by atoms with Gasteiger partial charge in [0.2, 0.25) is 0 Å². The highest BCUT2D eigenvalue weighted by molar-refractivity contribution is 7.98. The maximum Gasteiger partial charge on any atom is 0.0113 e. The first-order chi connectivity index (χ1) is 11.7. The molecule has 0 aliphatic carbocycles. The van der Waals surface area contributed by atoms with Gasteiger partial charge in [0.25, 0.3) is 0 Å². The molecule has 0 aromatic heterocycles. The summed E-state index contributed by atoms with van der Waals surface area (Å²) < 4.78 is 0. The van der Waals surface area contributed by atoms with E-state index in [0.29, 0.717) is 0 Å². The highest BCUT2D eigenvalue weighted by Gasteiger charge is 2.01. The SMILES string of the molecule is CSC/C=C(\CC=C(C)C)CCc1ccc(-c2ccccc2)cc1. The zero-order valence-electron chi connectivity index (χ0n) is 15.1. The number of hydrogen-bond acceptors (Lipinski definition) is 1. The molecular formula is C23H28S. The molecule has 2 aromatic rings. The summed E-state index contributed by atoms with van der Waals surface area (Å²) in [6, 6.07) is 19.6. The summed E-state index contributed by atoms with van der Waals surface area (Å²) in [6.45, 7) is 4.35. The molecule has 1 heteroatoms. The van der Waals surface area contributed by atoms with Crippen LogP contribution in [-0.2, 0) is 6.42 Å². The summed E-state index contributed by atoms with van der Waals surface area (Å²) in [5.41, 5.74) is 6.95. The molecule has 0 saturated heterocycles. The highest BCUT2D eigenvalue weighted by Crippen LogP contribution is 2.21. The van der Waals surface area contributed by atoms with Gasteiger partial charge in [0.1, 0.15) is 0 Å². The van der Waals surface area contributed by atoms with Gasteiger partial charge in [0.05, 0.1) is 0 Å². The molecular weight excluding hydrogens is 308 g/mol. The van der Waals surface area contributed by atoms with Crippen molar-refractivity contribution in [3.63, 3.8) is 0 Å². The first-order valence-electron chi connectivity index (χ1n) is 8.63. The summed E-state index contributed by atoms with van der Waals surface area (Å²) in [5.74, 6) is 1.11. The van der Waals surface area contributed by atoms with Crippen LogP contribution in [-0.4, -0.2) is 12.0 Å². The largest absolute Gasteiger partial charge is 0.161 e. The Labute approximate surface area is 151 Å². The Balaban J connectivity index is 1.98. The maximum absolute atomic E-state index is 2.41. The number of benzene rings is 2. The molecule has 126 valence electrons. The van der Waals surface area contributed by atoms with E-state index in [2.05, 4.69) is 86.9 Å². The number of allylic oxidation sites excluding steroid dienone is 3. The Kier molecular flexibility index (Phi) is 7.91. The van der Waals surface area contributed by atoms with Gasteiger partial charge in [0.15, 0.2) is 0 Å². The molecule has 2 rings (SSSR count). The van der Waals surface area contributed by atoms with E-state index in [4.69, 9.17) is 0 Å². The van der Waals surface area contributed by atoms with Crippen LogP contribution in [0.3, 0.4) is 0 Å². The average molecular weight is 337 g/mol. The molecule has 0 saturated carbocycles. The molecule has 0 N–H and O–H groups in total. The van der Waals surface area contributed by atoms with Crippen molar-refractivity contribution < 1.29 is 0 Å². The van der Waals surface area contributed by atoms with E-state index in [1.807, 2.05) is 11.8 Å². The van der Waals surface area contributed by atoms with Crippen LogP contribution in [0.5, 0.6) is 0 Å². The third-order valence-electron chi connectivity index (χ3n) is 4.11. The molecule has 0 spiro atoms. The van der Waals surface area contributed by atoms with E-state index in [-0.39, 0.29) is 0 Å². The Morgan fingerprint density at radius 3 is 2.17 bits per heavy atom. The van der Waals surface area contributed by atoms with Gasteiger partial charge in [0, 0.05) is 5.75 Å². The van der Waals surface area contributed by atoms with E-state index in [1.165, 1.54) is 22.3 Å². The minimum atomic E-state index is 1.09. The second kappa shape index (κ2) is 10.2. The fourth-order valence-corrected chi connectivity index (χ4v) is 3.03. The fourth-order valence-electron chi connectivity index (χ4n) is 2.62. The third-order valence-corrected chi connectivity index (χ3v) is 4.61. The van der Waals surface area contributed by atoms with Crippen LogP contribution in [0.1, 0.15) is 32.3 Å². The minimum Gasteiger partial charge on any atom is -0.161 e. The number of rotatable bonds is 8. The highest BCUT2D eigenvalue weighted by atomic mass is 32.2. The van der Waals surface area contributed by atoms with Gasteiger partial charge in [-0.1, -0.05) is 77.9 Å². The molecule has 0 bridgehead atoms. The lowest BCUT2D eigenvalue weighted by molar-refractivity contribution is 0.905. The maximum atomic E-state index is 2.41. The lowest BCUT2D eigenvalue weighted by atomic mass is 9.99. The van der Waals surface area contributed by atoms with E-state index in [1.54, 1.807) is 5.57 Å². The van der Waals surface area contributed by atoms with Gasteiger partial charge < -0.3 is 0 Å². The zero-order valence-corrected chi connectivity index (χ0v) is 15.9. The van der Waals surface area contributed by atoms with E-state index in [0.717, 1.165) is 25.0 Å². The smallest absolute Gasteiger partial charge is 0.0113 e. The van der Waals surface area contributed by atoms with Gasteiger partial charge in [-0.25, -0.2) is 0 Å². The van der Waals surface area contributed by atoms with E-state index >= 15 is 0 Å². The Bertz CT molecular complexity index is 659. The summed E-state index contributed by atoms with van der Waals surface area (Å²) in [6.07, 6.45) is 10.3. The molecule has 0 fully saturated rings. The lowest BCUT2D eigenvalue weighted by Crippen LogP contribution is -1.91. The molecule has 0 heterocycles. The van der Waals surface area contributed by atoms with Gasteiger partial charge in [-0.15, -0.1) is 0 Å². The summed E-state index contributed by atoms with van der Waals surface area (Å²) in [7, 11) is 0. The third kappa shape index (κ3) is 6.41. The molecule has 0 unspecified atom stereocenters. The van der Waals surface area contributed by atoms with E-state index in [9.17, 15) is 0 Å². The predicted octanol–water partition coefficient (Wildman–Crippen LogP) is 6.93. The minimum absolute atomic E-state index is 1.09. The second-order valence-electron chi connectivity index (χ2n) is 6.37. The van der Waals surface area contributed by atoms with Crippen molar-refractivity contribution in [2.45, 2.75) is 33.1 Å². The van der Waals surface area contributed by atoms with Gasteiger partial charge >= 0.3 is 0 Å². The van der Waals surface area contributed by atoms with Crippen molar-refractivity contribution in [1.82, 2.24) is 0 Å². The number of aryl methyl sites for hydroxylation is 1. The van der Waals surface area contributed by atoms with Crippen molar-refractivity contribution in [1.29, 1.82) is 0 Å². The van der Waals surface area contributed by atoms with Crippen LogP contribution in [0.2, 0.25) is 0 Å². The Hall–Kier alpha value is -1.73.